The van der Waals surface area contributed by atoms with E-state index in [2.05, 4.69) is 28.0 Å². The molecule has 0 aromatic rings. The van der Waals surface area contributed by atoms with Crippen molar-refractivity contribution in [2.75, 3.05) is 13.2 Å². The Balaban J connectivity index is 2.43. The van der Waals surface area contributed by atoms with Crippen LogP contribution in [0.25, 0.3) is 0 Å². The summed E-state index contributed by atoms with van der Waals surface area (Å²) in [5.74, 6) is -0.781. The number of rotatable bonds is 4. The molecule has 5 nitrogen and oxygen atoms in total. The van der Waals surface area contributed by atoms with Crippen LogP contribution >= 0.6 is 12.6 Å². The minimum Gasteiger partial charge on any atom is -0.465 e. The summed E-state index contributed by atoms with van der Waals surface area (Å²) < 4.78 is 4.68. The van der Waals surface area contributed by atoms with Crippen LogP contribution in [0.2, 0.25) is 0 Å². The molecule has 16 heavy (non-hydrogen) atoms. The quantitative estimate of drug-likeness (QED) is 0.478. The molecule has 0 fully saturated rings. The monoisotopic (exact) mass is 242 g/mol. The van der Waals surface area contributed by atoms with Crippen LogP contribution in [0, 0.1) is 0 Å². The summed E-state index contributed by atoms with van der Waals surface area (Å²) in [6, 6.07) is 0. The van der Waals surface area contributed by atoms with Crippen molar-refractivity contribution in [1.82, 2.24) is 10.6 Å². The minimum atomic E-state index is -0.452. The highest BCUT2D eigenvalue weighted by Crippen LogP contribution is 2.10. The van der Waals surface area contributed by atoms with E-state index >= 15 is 0 Å². The number of dihydropyridines is 1. The SMILES string of the molecule is CCOC(=O)CNC(=O)C1=CC=CNC1S. The summed E-state index contributed by atoms with van der Waals surface area (Å²) in [5.41, 5.74) is 0.468. The fourth-order valence-electron chi connectivity index (χ4n) is 1.15. The van der Waals surface area contributed by atoms with Crippen LogP contribution in [0.4, 0.5) is 0 Å². The Bertz CT molecular complexity index is 339. The smallest absolute Gasteiger partial charge is 0.325 e. The summed E-state index contributed by atoms with van der Waals surface area (Å²) in [7, 11) is 0. The summed E-state index contributed by atoms with van der Waals surface area (Å²) in [4.78, 5) is 22.6. The van der Waals surface area contributed by atoms with Crippen molar-refractivity contribution >= 4 is 24.5 Å². The molecule has 0 aromatic heterocycles. The molecule has 1 atom stereocenters. The Morgan fingerprint density at radius 3 is 3.00 bits per heavy atom. The van der Waals surface area contributed by atoms with Gasteiger partial charge in [-0.2, -0.15) is 0 Å². The molecule has 0 saturated heterocycles. The van der Waals surface area contributed by atoms with Crippen molar-refractivity contribution < 1.29 is 14.3 Å². The lowest BCUT2D eigenvalue weighted by Gasteiger charge is -2.17. The molecule has 6 heteroatoms. The summed E-state index contributed by atoms with van der Waals surface area (Å²) >= 11 is 4.17. The molecule has 0 aliphatic carbocycles. The summed E-state index contributed by atoms with van der Waals surface area (Å²) in [6.45, 7) is 1.88. The van der Waals surface area contributed by atoms with Crippen LogP contribution in [0.15, 0.2) is 23.9 Å². The molecule has 1 aliphatic heterocycles. The lowest BCUT2D eigenvalue weighted by Crippen LogP contribution is -2.37. The van der Waals surface area contributed by atoms with E-state index in [1.165, 1.54) is 0 Å². The minimum absolute atomic E-state index is 0.131. The summed E-state index contributed by atoms with van der Waals surface area (Å²) in [6.07, 6.45) is 5.04. The van der Waals surface area contributed by atoms with Crippen LogP contribution in [0.5, 0.6) is 0 Å². The normalized spacial score (nSPS) is 18.4. The third-order valence-corrected chi connectivity index (χ3v) is 2.31. The van der Waals surface area contributed by atoms with E-state index in [1.54, 1.807) is 25.3 Å². The first kappa shape index (κ1) is 12.6. The second kappa shape index (κ2) is 6.22. The zero-order chi connectivity index (χ0) is 12.0. The highest BCUT2D eigenvalue weighted by atomic mass is 32.1. The van der Waals surface area contributed by atoms with Gasteiger partial charge in [0, 0.05) is 5.57 Å². The lowest BCUT2D eigenvalue weighted by molar-refractivity contribution is -0.143. The number of thiol groups is 1. The molecular weight excluding hydrogens is 228 g/mol. The number of hydrogen-bond acceptors (Lipinski definition) is 5. The van der Waals surface area contributed by atoms with Crippen LogP contribution in [0.1, 0.15) is 6.92 Å². The highest BCUT2D eigenvalue weighted by Gasteiger charge is 2.18. The number of allylic oxidation sites excluding steroid dienone is 2. The maximum absolute atomic E-state index is 11.6. The van der Waals surface area contributed by atoms with E-state index < -0.39 is 5.97 Å². The zero-order valence-electron chi connectivity index (χ0n) is 8.90. The van der Waals surface area contributed by atoms with E-state index in [4.69, 9.17) is 0 Å². The van der Waals surface area contributed by atoms with E-state index in [0.29, 0.717) is 12.2 Å². The highest BCUT2D eigenvalue weighted by molar-refractivity contribution is 7.81. The van der Waals surface area contributed by atoms with E-state index in [0.717, 1.165) is 0 Å². The Morgan fingerprint density at radius 2 is 2.38 bits per heavy atom. The van der Waals surface area contributed by atoms with Crippen molar-refractivity contribution in [2.24, 2.45) is 0 Å². The number of esters is 1. The predicted octanol–water partition coefficient (Wildman–Crippen LogP) is -0.0351. The van der Waals surface area contributed by atoms with Gasteiger partial charge in [-0.25, -0.2) is 0 Å². The van der Waals surface area contributed by atoms with Crippen LogP contribution < -0.4 is 10.6 Å². The fourth-order valence-corrected chi connectivity index (χ4v) is 1.44. The third-order valence-electron chi connectivity index (χ3n) is 1.88. The Morgan fingerprint density at radius 1 is 1.62 bits per heavy atom. The van der Waals surface area contributed by atoms with Crippen molar-refractivity contribution in [3.8, 4) is 0 Å². The van der Waals surface area contributed by atoms with Gasteiger partial charge in [-0.3, -0.25) is 9.59 Å². The Hall–Kier alpha value is -1.43. The Kier molecular flexibility index (Phi) is 4.91. The second-order valence-corrected chi connectivity index (χ2v) is 3.55. The van der Waals surface area contributed by atoms with Gasteiger partial charge in [0.05, 0.1) is 6.61 Å². The van der Waals surface area contributed by atoms with Crippen molar-refractivity contribution in [1.29, 1.82) is 0 Å². The van der Waals surface area contributed by atoms with E-state index in [9.17, 15) is 9.59 Å². The largest absolute Gasteiger partial charge is 0.465 e. The van der Waals surface area contributed by atoms with Gasteiger partial charge in [-0.15, -0.1) is 12.6 Å². The lowest BCUT2D eigenvalue weighted by atomic mass is 10.2. The number of nitrogens with one attached hydrogen (secondary N) is 2. The molecule has 1 aliphatic rings. The van der Waals surface area contributed by atoms with Gasteiger partial charge in [0.1, 0.15) is 11.9 Å². The van der Waals surface area contributed by atoms with Crippen molar-refractivity contribution in [3.05, 3.63) is 23.9 Å². The molecular formula is C10H14N2O3S. The van der Waals surface area contributed by atoms with Gasteiger partial charge in [-0.1, -0.05) is 0 Å². The first-order valence-corrected chi connectivity index (χ1v) is 5.41. The average Bonchev–Trinajstić information content (AvgIpc) is 2.27. The molecule has 0 bridgehead atoms. The Labute approximate surface area is 99.3 Å². The van der Waals surface area contributed by atoms with Crippen molar-refractivity contribution in [2.45, 2.75) is 12.3 Å². The van der Waals surface area contributed by atoms with Gasteiger partial charge in [0.2, 0.25) is 0 Å². The molecule has 88 valence electrons. The maximum atomic E-state index is 11.6. The third kappa shape index (κ3) is 3.62. The number of hydrogen-bond donors (Lipinski definition) is 3. The van der Waals surface area contributed by atoms with Gasteiger partial charge in [0.15, 0.2) is 0 Å². The van der Waals surface area contributed by atoms with Crippen LogP contribution in [0.3, 0.4) is 0 Å². The number of carbonyl (C=O) groups is 2. The van der Waals surface area contributed by atoms with Crippen LogP contribution in [-0.4, -0.2) is 30.4 Å². The molecule has 1 amide bonds. The van der Waals surface area contributed by atoms with E-state index in [-0.39, 0.29) is 17.8 Å². The van der Waals surface area contributed by atoms with Gasteiger partial charge in [0.25, 0.3) is 5.91 Å². The standard InChI is InChI=1S/C10H14N2O3S/c1-2-15-8(13)6-12-9(14)7-4-3-5-11-10(7)16/h3-5,10-11,16H,2,6H2,1H3,(H,12,14). The van der Waals surface area contributed by atoms with E-state index in [1.807, 2.05) is 0 Å². The fraction of sp³-hybridized carbons (Fsp3) is 0.400. The number of carbonyl (C=O) groups excluding carboxylic acids is 2. The molecule has 0 spiro atoms. The molecule has 1 rings (SSSR count). The van der Waals surface area contributed by atoms with Gasteiger partial charge >= 0.3 is 5.97 Å². The van der Waals surface area contributed by atoms with Gasteiger partial charge in [-0.05, 0) is 25.3 Å². The van der Waals surface area contributed by atoms with Gasteiger partial charge < -0.3 is 15.4 Å². The molecule has 2 N–H and O–H groups in total. The van der Waals surface area contributed by atoms with Crippen LogP contribution in [-0.2, 0) is 14.3 Å². The number of ether oxygens (including phenoxy) is 1. The molecule has 0 radical (unpaired) electrons. The molecule has 1 unspecified atom stereocenters. The first-order chi connectivity index (χ1) is 7.65. The number of amides is 1. The predicted molar refractivity (Wildman–Crippen MR) is 62.8 cm³/mol. The maximum Gasteiger partial charge on any atom is 0.325 e. The average molecular weight is 242 g/mol. The molecule has 0 aromatic carbocycles. The second-order valence-electron chi connectivity index (χ2n) is 3.04. The first-order valence-electron chi connectivity index (χ1n) is 4.89. The zero-order valence-corrected chi connectivity index (χ0v) is 9.79. The molecule has 0 saturated carbocycles. The topological polar surface area (TPSA) is 67.4 Å². The summed E-state index contributed by atoms with van der Waals surface area (Å²) in [5, 5.41) is 4.97. The molecule has 1 heterocycles. The van der Waals surface area contributed by atoms with Crippen molar-refractivity contribution in [3.63, 3.8) is 0 Å².